The normalized spacial score (nSPS) is 13.7. The summed E-state index contributed by atoms with van der Waals surface area (Å²) in [7, 11) is -4.24. The van der Waals surface area contributed by atoms with Crippen LogP contribution in [0.3, 0.4) is 0 Å². The van der Waals surface area contributed by atoms with E-state index in [-0.39, 0.29) is 45.6 Å². The van der Waals surface area contributed by atoms with Gasteiger partial charge in [0.25, 0.3) is 11.8 Å². The van der Waals surface area contributed by atoms with Crippen LogP contribution in [0.1, 0.15) is 106 Å². The van der Waals surface area contributed by atoms with E-state index in [1.165, 1.54) is 12.3 Å². The molecule has 60 heavy (non-hydrogen) atoms. The van der Waals surface area contributed by atoms with Crippen LogP contribution in [-0.2, 0) is 19.1 Å². The summed E-state index contributed by atoms with van der Waals surface area (Å²) in [5.41, 5.74) is 9.39. The van der Waals surface area contributed by atoms with Crippen molar-refractivity contribution >= 4 is 57.9 Å². The number of fused-ring (bicyclic) bond motifs is 2. The summed E-state index contributed by atoms with van der Waals surface area (Å²) >= 11 is 0. The van der Waals surface area contributed by atoms with Crippen LogP contribution in [0.15, 0.2) is 59.6 Å². The molecular weight excluding hydrogens is 799 g/mol. The Balaban J connectivity index is 1.05. The monoisotopic (exact) mass is 861 g/mol. The number of aryl methyl sites for hydroxylation is 1. The van der Waals surface area contributed by atoms with Gasteiger partial charge in [-0.05, 0) is 80.3 Å². The number of rotatable bonds is 22. The maximum Gasteiger partial charge on any atom is 0.262 e. The number of hydrogen-bond acceptors (Lipinski definition) is 11. The zero-order valence-electron chi connectivity index (χ0n) is 36.2. The van der Waals surface area contributed by atoms with Gasteiger partial charge in [-0.1, -0.05) is 71.8 Å². The lowest BCUT2D eigenvalue weighted by atomic mass is 10.0. The lowest BCUT2D eigenvalue weighted by Crippen LogP contribution is -2.43. The zero-order valence-corrected chi connectivity index (χ0v) is 38.0. The van der Waals surface area contributed by atoms with Gasteiger partial charge < -0.3 is 40.7 Å². The van der Waals surface area contributed by atoms with Gasteiger partial charge in [-0.2, -0.15) is 0 Å². The predicted octanol–water partition coefficient (Wildman–Crippen LogP) is 9.07. The number of carbonyl (C=O) groups is 2. The minimum Gasteiger partial charge on any atom is -0.508 e. The third-order valence-electron chi connectivity index (χ3n) is 11.5. The summed E-state index contributed by atoms with van der Waals surface area (Å²) in [5.74, 6) is 0.323. The largest absolute Gasteiger partial charge is 0.508 e. The SMILES string of the molecule is COc1cccc(Nc2c(C(N)=O)cnc3c(C)cc(S(=O)(=O)CCCCCCCCCCCNC[C@H](O[Si](C)(C)C(C)(C)C)c4cc(O)cc5c4OCC(=O)N5)cc23)c1. The molecule has 0 radical (unpaired) electrons. The Morgan fingerprint density at radius 2 is 1.70 bits per heavy atom. The average Bonchev–Trinajstić information content (AvgIpc) is 3.18. The Morgan fingerprint density at radius 1 is 1.02 bits per heavy atom. The number of benzene rings is 3. The standard InChI is InChI=1S/C45H63N5O8SSi/c1-30-22-34(26-36-41(30)48-27-37(44(46)53)42(36)49-31-18-17-19-33(23-31)56-5)59(54,55)21-16-14-12-10-8-9-11-13-15-20-47-28-39(58-60(6,7)45(2,3)4)35-24-32(51)25-38-43(35)57-29-40(52)50-38/h17-19,22-27,39,47,51H,8-16,20-21,28-29H2,1-7H3,(H2,46,53)(H,48,49)(H,50,52)/t39-/m0/s1. The number of nitrogens with zero attached hydrogens (tertiary/aromatic N) is 1. The molecule has 1 atom stereocenters. The van der Waals surface area contributed by atoms with Crippen molar-refractivity contribution in [3.05, 3.63) is 71.4 Å². The fraction of sp³-hybridized carbons (Fsp3) is 0.489. The number of amides is 2. The molecule has 1 aliphatic rings. The van der Waals surface area contributed by atoms with E-state index in [0.29, 0.717) is 58.0 Å². The lowest BCUT2D eigenvalue weighted by Gasteiger charge is -2.40. The molecule has 0 aliphatic carbocycles. The number of hydrogen-bond donors (Lipinski definition) is 5. The molecular formula is C45H63N5O8SSi. The molecule has 5 rings (SSSR count). The van der Waals surface area contributed by atoms with Crippen LogP contribution in [0.4, 0.5) is 17.1 Å². The van der Waals surface area contributed by atoms with Gasteiger partial charge in [0.05, 0.1) is 46.3 Å². The van der Waals surface area contributed by atoms with Crippen molar-refractivity contribution in [3.63, 3.8) is 0 Å². The molecule has 0 spiro atoms. The quantitative estimate of drug-likeness (QED) is 0.0374. The summed E-state index contributed by atoms with van der Waals surface area (Å²) in [6, 6.07) is 13.6. The third-order valence-corrected chi connectivity index (χ3v) is 17.8. The number of anilines is 3. The van der Waals surface area contributed by atoms with Crippen LogP contribution in [0.5, 0.6) is 17.2 Å². The van der Waals surface area contributed by atoms with Crippen LogP contribution < -0.4 is 31.2 Å². The van der Waals surface area contributed by atoms with E-state index in [2.05, 4.69) is 54.8 Å². The number of phenolic OH excluding ortho intramolecular Hbond substituents is 1. The number of nitrogens with two attached hydrogens (primary N) is 1. The fourth-order valence-electron chi connectivity index (χ4n) is 7.12. The molecule has 1 aromatic heterocycles. The van der Waals surface area contributed by atoms with Crippen molar-refractivity contribution in [2.45, 2.75) is 115 Å². The molecule has 0 fully saturated rings. The number of methoxy groups -OCH3 is 1. The number of carbonyl (C=O) groups excluding carboxylic acids is 2. The highest BCUT2D eigenvalue weighted by Gasteiger charge is 2.40. The molecule has 1 aliphatic heterocycles. The van der Waals surface area contributed by atoms with Crippen LogP contribution in [-0.4, -0.2) is 71.2 Å². The Hall–Kier alpha value is -4.70. The maximum atomic E-state index is 13.6. The molecule has 0 saturated carbocycles. The number of unbranched alkanes of at least 4 members (excludes halogenated alkanes) is 8. The first-order valence-electron chi connectivity index (χ1n) is 21.0. The van der Waals surface area contributed by atoms with Gasteiger partial charge in [0.15, 0.2) is 24.8 Å². The van der Waals surface area contributed by atoms with E-state index in [0.717, 1.165) is 63.5 Å². The second kappa shape index (κ2) is 20.2. The van der Waals surface area contributed by atoms with Crippen LogP contribution >= 0.6 is 0 Å². The summed E-state index contributed by atoms with van der Waals surface area (Å²) < 4.78 is 45.2. The average molecular weight is 862 g/mol. The molecule has 4 aromatic rings. The summed E-state index contributed by atoms with van der Waals surface area (Å²) in [4.78, 5) is 29.1. The molecule has 2 heterocycles. The first-order chi connectivity index (χ1) is 28.4. The Bertz CT molecular complexity index is 2260. The van der Waals surface area contributed by atoms with E-state index in [1.54, 1.807) is 37.4 Å². The van der Waals surface area contributed by atoms with Gasteiger partial charge in [-0.15, -0.1) is 0 Å². The molecule has 2 amide bonds. The minimum absolute atomic E-state index is 0.0212. The fourth-order valence-corrected chi connectivity index (χ4v) is 9.87. The first-order valence-corrected chi connectivity index (χ1v) is 25.5. The molecule has 0 unspecified atom stereocenters. The number of phenols is 1. The number of nitrogens with one attached hydrogen (secondary N) is 3. The number of ether oxygens (including phenoxy) is 2. The number of aromatic hydroxyl groups is 1. The van der Waals surface area contributed by atoms with Gasteiger partial charge in [0, 0.05) is 41.5 Å². The van der Waals surface area contributed by atoms with E-state index in [9.17, 15) is 23.1 Å². The second-order valence-electron chi connectivity index (χ2n) is 17.2. The van der Waals surface area contributed by atoms with Gasteiger partial charge >= 0.3 is 0 Å². The van der Waals surface area contributed by atoms with E-state index in [1.807, 2.05) is 19.1 Å². The molecule has 6 N–H and O–H groups in total. The predicted molar refractivity (Wildman–Crippen MR) is 241 cm³/mol. The molecule has 3 aromatic carbocycles. The highest BCUT2D eigenvalue weighted by atomic mass is 32.2. The van der Waals surface area contributed by atoms with Crippen LogP contribution in [0, 0.1) is 6.92 Å². The third kappa shape index (κ3) is 12.0. The molecule has 15 heteroatoms. The highest BCUT2D eigenvalue weighted by molar-refractivity contribution is 7.91. The van der Waals surface area contributed by atoms with Crippen molar-refractivity contribution < 1.29 is 37.0 Å². The Kier molecular flexibility index (Phi) is 15.6. The van der Waals surface area contributed by atoms with Crippen LogP contribution in [0.25, 0.3) is 10.9 Å². The second-order valence-corrected chi connectivity index (χ2v) is 24.1. The summed E-state index contributed by atoms with van der Waals surface area (Å²) in [6.07, 6.45) is 9.92. The van der Waals surface area contributed by atoms with Gasteiger partial charge in [0.1, 0.15) is 17.2 Å². The van der Waals surface area contributed by atoms with Crippen molar-refractivity contribution in [3.8, 4) is 17.2 Å². The van der Waals surface area contributed by atoms with Crippen molar-refractivity contribution in [1.82, 2.24) is 10.3 Å². The maximum absolute atomic E-state index is 13.6. The Morgan fingerprint density at radius 3 is 2.37 bits per heavy atom. The smallest absolute Gasteiger partial charge is 0.262 e. The summed E-state index contributed by atoms with van der Waals surface area (Å²) in [6.45, 7) is 14.1. The molecule has 0 saturated heterocycles. The van der Waals surface area contributed by atoms with E-state index >= 15 is 0 Å². The van der Waals surface area contributed by atoms with Gasteiger partial charge in [-0.3, -0.25) is 14.6 Å². The molecule has 326 valence electrons. The number of pyridine rings is 1. The zero-order chi connectivity index (χ0) is 43.7. The first kappa shape index (κ1) is 46.4. The van der Waals surface area contributed by atoms with Crippen LogP contribution in [0.2, 0.25) is 18.1 Å². The minimum atomic E-state index is -3.60. The molecule has 13 nitrogen and oxygen atoms in total. The van der Waals surface area contributed by atoms with Crippen molar-refractivity contribution in [1.29, 1.82) is 0 Å². The van der Waals surface area contributed by atoms with E-state index < -0.39 is 24.1 Å². The Labute approximate surface area is 356 Å². The van der Waals surface area contributed by atoms with Gasteiger partial charge in [0.2, 0.25) is 0 Å². The summed E-state index contributed by atoms with van der Waals surface area (Å²) in [5, 5.41) is 20.6. The number of primary amides is 1. The van der Waals surface area contributed by atoms with Crippen molar-refractivity contribution in [2.24, 2.45) is 5.73 Å². The lowest BCUT2D eigenvalue weighted by molar-refractivity contribution is -0.118. The van der Waals surface area contributed by atoms with E-state index in [4.69, 9.17) is 19.6 Å². The molecule has 0 bridgehead atoms. The van der Waals surface area contributed by atoms with Crippen molar-refractivity contribution in [2.75, 3.05) is 43.2 Å². The highest BCUT2D eigenvalue weighted by Crippen LogP contribution is 2.44. The van der Waals surface area contributed by atoms with Gasteiger partial charge in [-0.25, -0.2) is 8.42 Å². The number of sulfone groups is 1. The topological polar surface area (TPSA) is 191 Å². The number of aromatic nitrogens is 1.